The first-order valence-electron chi connectivity index (χ1n) is 9.24. The van der Waals surface area contributed by atoms with Crippen LogP contribution >= 0.6 is 0 Å². The molecule has 0 bridgehead atoms. The van der Waals surface area contributed by atoms with Crippen LogP contribution in [0.3, 0.4) is 0 Å². The fourth-order valence-electron chi connectivity index (χ4n) is 3.28. The molecule has 0 radical (unpaired) electrons. The van der Waals surface area contributed by atoms with Crippen molar-refractivity contribution in [1.82, 2.24) is 15.1 Å². The molecule has 1 saturated heterocycles. The predicted octanol–water partition coefficient (Wildman–Crippen LogP) is 2.68. The van der Waals surface area contributed by atoms with E-state index in [0.29, 0.717) is 11.1 Å². The fraction of sp³-hybridized carbons (Fsp3) is 0.286. The van der Waals surface area contributed by atoms with Gasteiger partial charge in [-0.05, 0) is 36.6 Å². The van der Waals surface area contributed by atoms with E-state index in [1.54, 1.807) is 47.4 Å². The van der Waals surface area contributed by atoms with Crippen molar-refractivity contribution in [2.75, 3.05) is 6.54 Å². The number of hydrogen-bond acceptors (Lipinski definition) is 3. The van der Waals surface area contributed by atoms with Crippen molar-refractivity contribution in [2.24, 2.45) is 0 Å². The molecule has 144 valence electrons. The molecule has 1 aliphatic carbocycles. The maximum atomic E-state index is 14.0. The summed E-state index contributed by atoms with van der Waals surface area (Å²) in [5, 5.41) is 2.48. The monoisotopic (exact) mass is 381 g/mol. The molecule has 2 aromatic rings. The maximum Gasteiger partial charge on any atom is 0.324 e. The van der Waals surface area contributed by atoms with Crippen molar-refractivity contribution in [3.63, 3.8) is 0 Å². The predicted molar refractivity (Wildman–Crippen MR) is 99.7 cm³/mol. The number of carbonyl (C=O) groups excluding carboxylic acids is 3. The molecule has 1 saturated carbocycles. The number of urea groups is 1. The summed E-state index contributed by atoms with van der Waals surface area (Å²) in [7, 11) is 0. The van der Waals surface area contributed by atoms with Crippen molar-refractivity contribution in [3.05, 3.63) is 71.0 Å². The summed E-state index contributed by atoms with van der Waals surface area (Å²) >= 11 is 0. The Labute approximate surface area is 161 Å². The first-order chi connectivity index (χ1) is 13.5. The van der Waals surface area contributed by atoms with Crippen LogP contribution in [0.1, 0.15) is 34.3 Å². The van der Waals surface area contributed by atoms with Crippen molar-refractivity contribution in [3.8, 4) is 0 Å². The van der Waals surface area contributed by atoms with Gasteiger partial charge in [-0.1, -0.05) is 30.3 Å². The molecule has 0 spiro atoms. The molecular weight excluding hydrogens is 361 g/mol. The van der Waals surface area contributed by atoms with Gasteiger partial charge in [-0.3, -0.25) is 14.5 Å². The van der Waals surface area contributed by atoms with Crippen molar-refractivity contribution >= 4 is 17.8 Å². The zero-order valence-corrected chi connectivity index (χ0v) is 15.2. The topological polar surface area (TPSA) is 69.7 Å². The zero-order chi connectivity index (χ0) is 19.7. The number of benzene rings is 2. The summed E-state index contributed by atoms with van der Waals surface area (Å²) in [5.41, 5.74) is 1.76. The van der Waals surface area contributed by atoms with Gasteiger partial charge in [0.05, 0.1) is 13.1 Å². The van der Waals surface area contributed by atoms with Crippen LogP contribution in [0.25, 0.3) is 0 Å². The van der Waals surface area contributed by atoms with Crippen molar-refractivity contribution in [1.29, 1.82) is 0 Å². The van der Waals surface area contributed by atoms with E-state index in [1.165, 1.54) is 6.07 Å². The van der Waals surface area contributed by atoms with E-state index in [4.69, 9.17) is 0 Å². The quantitative estimate of drug-likeness (QED) is 0.782. The molecule has 2 fully saturated rings. The smallest absolute Gasteiger partial charge is 0.324 e. The van der Waals surface area contributed by atoms with Gasteiger partial charge in [0.15, 0.2) is 0 Å². The Kier molecular flexibility index (Phi) is 4.81. The lowest BCUT2D eigenvalue weighted by atomic mass is 10.1. The normalized spacial score (nSPS) is 16.2. The minimum atomic E-state index is -0.407. The number of imide groups is 1. The summed E-state index contributed by atoms with van der Waals surface area (Å²) in [4.78, 5) is 39.2. The van der Waals surface area contributed by atoms with E-state index in [9.17, 15) is 18.8 Å². The Morgan fingerprint density at radius 1 is 1.11 bits per heavy atom. The standard InChI is InChI=1S/C21H20FN3O3/c22-18-4-2-1-3-16(18)13-24(17-9-10-17)20(27)15-7-5-14(6-8-15)12-25-19(26)11-23-21(25)28/h1-8,17H,9-13H2,(H,23,28). The molecule has 4 rings (SSSR count). The SMILES string of the molecule is O=C1CNC(=O)N1Cc1ccc(C(=O)N(Cc2ccccc2F)C2CC2)cc1. The summed E-state index contributed by atoms with van der Waals surface area (Å²) < 4.78 is 14.0. The molecule has 0 unspecified atom stereocenters. The van der Waals surface area contributed by atoms with Crippen molar-refractivity contribution < 1.29 is 18.8 Å². The molecule has 4 amide bonds. The molecule has 28 heavy (non-hydrogen) atoms. The molecular formula is C21H20FN3O3. The third kappa shape index (κ3) is 3.74. The van der Waals surface area contributed by atoms with Crippen LogP contribution in [0.2, 0.25) is 0 Å². The molecule has 0 atom stereocenters. The summed E-state index contributed by atoms with van der Waals surface area (Å²) in [6.45, 7) is 0.420. The van der Waals surface area contributed by atoms with Gasteiger partial charge in [0.1, 0.15) is 5.82 Å². The number of amides is 4. The summed E-state index contributed by atoms with van der Waals surface area (Å²) in [6, 6.07) is 13.1. The molecule has 1 aliphatic heterocycles. The van der Waals surface area contributed by atoms with Crippen LogP contribution in [0.15, 0.2) is 48.5 Å². The average molecular weight is 381 g/mol. The molecule has 1 N–H and O–H groups in total. The molecule has 7 heteroatoms. The molecule has 2 aromatic carbocycles. The summed E-state index contributed by atoms with van der Waals surface area (Å²) in [6.07, 6.45) is 1.84. The molecule has 6 nitrogen and oxygen atoms in total. The number of nitrogens with one attached hydrogen (secondary N) is 1. The van der Waals surface area contributed by atoms with Gasteiger partial charge in [0.2, 0.25) is 5.91 Å². The second-order valence-electron chi connectivity index (χ2n) is 7.09. The fourth-order valence-corrected chi connectivity index (χ4v) is 3.28. The number of hydrogen-bond donors (Lipinski definition) is 1. The summed E-state index contributed by atoms with van der Waals surface area (Å²) in [5.74, 6) is -0.730. The highest BCUT2D eigenvalue weighted by molar-refractivity contribution is 6.01. The Morgan fingerprint density at radius 3 is 2.43 bits per heavy atom. The lowest BCUT2D eigenvalue weighted by Gasteiger charge is -2.23. The molecule has 1 heterocycles. The molecule has 0 aromatic heterocycles. The minimum absolute atomic E-state index is 0.0157. The Morgan fingerprint density at radius 2 is 1.82 bits per heavy atom. The van der Waals surface area contributed by atoms with Gasteiger partial charge >= 0.3 is 6.03 Å². The number of rotatable bonds is 6. The third-order valence-corrected chi connectivity index (χ3v) is 5.03. The van der Waals surface area contributed by atoms with Crippen LogP contribution in [-0.2, 0) is 17.9 Å². The van der Waals surface area contributed by atoms with E-state index in [0.717, 1.165) is 23.3 Å². The Balaban J connectivity index is 1.48. The number of nitrogens with zero attached hydrogens (tertiary/aromatic N) is 2. The first-order valence-corrected chi connectivity index (χ1v) is 9.24. The van der Waals surface area contributed by atoms with Gasteiger partial charge in [0, 0.05) is 23.7 Å². The van der Waals surface area contributed by atoms with Gasteiger partial charge in [-0.15, -0.1) is 0 Å². The Hall–Kier alpha value is -3.22. The number of halogens is 1. The zero-order valence-electron chi connectivity index (χ0n) is 15.2. The van der Waals surface area contributed by atoms with E-state index in [-0.39, 0.29) is 43.3 Å². The second kappa shape index (κ2) is 7.42. The van der Waals surface area contributed by atoms with Gasteiger partial charge in [0.25, 0.3) is 5.91 Å². The van der Waals surface area contributed by atoms with Gasteiger partial charge in [-0.25, -0.2) is 9.18 Å². The largest absolute Gasteiger partial charge is 0.331 e. The maximum absolute atomic E-state index is 14.0. The van der Waals surface area contributed by atoms with Crippen LogP contribution < -0.4 is 5.32 Å². The van der Waals surface area contributed by atoms with Crippen LogP contribution in [0.4, 0.5) is 9.18 Å². The van der Waals surface area contributed by atoms with E-state index in [2.05, 4.69) is 5.32 Å². The Bertz CT molecular complexity index is 909. The van der Waals surface area contributed by atoms with E-state index in [1.807, 2.05) is 0 Å². The van der Waals surface area contributed by atoms with E-state index < -0.39 is 6.03 Å². The number of carbonyl (C=O) groups is 3. The highest BCUT2D eigenvalue weighted by Gasteiger charge is 2.33. The highest BCUT2D eigenvalue weighted by Crippen LogP contribution is 2.30. The van der Waals surface area contributed by atoms with Crippen LogP contribution in [0, 0.1) is 5.82 Å². The molecule has 2 aliphatic rings. The second-order valence-corrected chi connectivity index (χ2v) is 7.09. The van der Waals surface area contributed by atoms with Gasteiger partial charge < -0.3 is 10.2 Å². The first kappa shape index (κ1) is 18.2. The third-order valence-electron chi connectivity index (χ3n) is 5.03. The van der Waals surface area contributed by atoms with Gasteiger partial charge in [-0.2, -0.15) is 0 Å². The van der Waals surface area contributed by atoms with Crippen molar-refractivity contribution in [2.45, 2.75) is 32.0 Å². The highest BCUT2D eigenvalue weighted by atomic mass is 19.1. The van der Waals surface area contributed by atoms with Crippen LogP contribution in [0.5, 0.6) is 0 Å². The lowest BCUT2D eigenvalue weighted by molar-refractivity contribution is -0.125. The average Bonchev–Trinajstić information content (AvgIpc) is 3.49. The minimum Gasteiger partial charge on any atom is -0.331 e. The van der Waals surface area contributed by atoms with E-state index >= 15 is 0 Å². The van der Waals surface area contributed by atoms with Crippen LogP contribution in [-0.4, -0.2) is 40.2 Å². The lowest BCUT2D eigenvalue weighted by Crippen LogP contribution is -2.33.